The number of aromatic nitrogens is 1. The van der Waals surface area contributed by atoms with Crippen molar-refractivity contribution in [1.82, 2.24) is 4.98 Å². The van der Waals surface area contributed by atoms with Gasteiger partial charge in [-0.2, -0.15) is 0 Å². The Morgan fingerprint density at radius 3 is 3.21 bits per heavy atom. The van der Waals surface area contributed by atoms with Crippen LogP contribution in [0.25, 0.3) is 0 Å². The Bertz CT molecular complexity index is 462. The highest BCUT2D eigenvalue weighted by atomic mass is 32.1. The van der Waals surface area contributed by atoms with Gasteiger partial charge in [0.25, 0.3) is 0 Å². The van der Waals surface area contributed by atoms with E-state index in [2.05, 4.69) is 10.3 Å². The van der Waals surface area contributed by atoms with E-state index in [4.69, 9.17) is 9.47 Å². The van der Waals surface area contributed by atoms with Crippen molar-refractivity contribution in [2.45, 2.75) is 50.9 Å². The quantitative estimate of drug-likeness (QED) is 0.837. The highest BCUT2D eigenvalue weighted by Gasteiger charge is 2.40. The molecule has 2 aliphatic rings. The van der Waals surface area contributed by atoms with Crippen LogP contribution in [0.4, 0.5) is 5.13 Å². The molecule has 0 aliphatic carbocycles. The third-order valence-electron chi connectivity index (χ3n) is 3.60. The molecule has 0 amide bonds. The van der Waals surface area contributed by atoms with Crippen LogP contribution in [0.1, 0.15) is 31.9 Å². The zero-order chi connectivity index (χ0) is 13.2. The molecule has 2 aliphatic heterocycles. The van der Waals surface area contributed by atoms with Crippen molar-refractivity contribution in [3.8, 4) is 0 Å². The molecule has 3 unspecified atom stereocenters. The van der Waals surface area contributed by atoms with Gasteiger partial charge in [0.1, 0.15) is 0 Å². The number of anilines is 1. The molecule has 19 heavy (non-hydrogen) atoms. The first-order valence-electron chi connectivity index (χ1n) is 6.76. The van der Waals surface area contributed by atoms with Gasteiger partial charge >= 0.3 is 5.97 Å². The minimum atomic E-state index is -0.220. The lowest BCUT2D eigenvalue weighted by Gasteiger charge is -2.19. The normalized spacial score (nSPS) is 28.6. The Morgan fingerprint density at radius 1 is 1.63 bits per heavy atom. The van der Waals surface area contributed by atoms with Gasteiger partial charge in [-0.15, -0.1) is 11.3 Å². The number of ether oxygens (including phenoxy) is 2. The van der Waals surface area contributed by atoms with Gasteiger partial charge in [-0.1, -0.05) is 0 Å². The largest absolute Gasteiger partial charge is 0.466 e. The maximum Gasteiger partial charge on any atom is 0.311 e. The number of nitrogens with zero attached hydrogens (tertiary/aromatic N) is 1. The van der Waals surface area contributed by atoms with Gasteiger partial charge in [0.05, 0.1) is 37.0 Å². The maximum atomic E-state index is 11.4. The first-order valence-corrected chi connectivity index (χ1v) is 7.64. The number of hydrogen-bond acceptors (Lipinski definition) is 6. The molecule has 1 N–H and O–H groups in total. The van der Waals surface area contributed by atoms with E-state index in [1.54, 1.807) is 6.92 Å². The summed E-state index contributed by atoms with van der Waals surface area (Å²) in [6.45, 7) is 2.22. The van der Waals surface area contributed by atoms with E-state index in [0.717, 1.165) is 23.7 Å². The van der Waals surface area contributed by atoms with E-state index in [9.17, 15) is 4.79 Å². The van der Waals surface area contributed by atoms with Gasteiger partial charge in [-0.05, 0) is 26.2 Å². The third-order valence-corrected chi connectivity index (χ3v) is 4.42. The first kappa shape index (κ1) is 12.9. The molecule has 0 spiro atoms. The molecule has 2 fully saturated rings. The summed E-state index contributed by atoms with van der Waals surface area (Å²) in [6, 6.07) is 0.375. The molecular weight excluding hydrogens is 264 g/mol. The van der Waals surface area contributed by atoms with Crippen LogP contribution in [-0.4, -0.2) is 35.8 Å². The van der Waals surface area contributed by atoms with E-state index in [1.807, 2.05) is 5.38 Å². The number of hydrogen-bond donors (Lipinski definition) is 1. The van der Waals surface area contributed by atoms with E-state index in [-0.39, 0.29) is 12.4 Å². The predicted octanol–water partition coefficient (Wildman–Crippen LogP) is 1.98. The van der Waals surface area contributed by atoms with Crippen molar-refractivity contribution in [3.63, 3.8) is 0 Å². The van der Waals surface area contributed by atoms with Crippen LogP contribution in [0.5, 0.6) is 0 Å². The lowest BCUT2D eigenvalue weighted by molar-refractivity contribution is -0.142. The summed E-state index contributed by atoms with van der Waals surface area (Å²) in [4.78, 5) is 15.8. The SMILES string of the molecule is CCOC(=O)Cc1csc(NC2CC3CCC2O3)n1. The van der Waals surface area contributed by atoms with Gasteiger partial charge in [-0.25, -0.2) is 4.98 Å². The number of carbonyl (C=O) groups excluding carboxylic acids is 1. The molecule has 2 bridgehead atoms. The number of thiazole rings is 1. The summed E-state index contributed by atoms with van der Waals surface area (Å²) in [5, 5.41) is 6.21. The Labute approximate surface area is 116 Å². The Kier molecular flexibility index (Phi) is 3.70. The molecule has 2 saturated heterocycles. The fourth-order valence-corrected chi connectivity index (χ4v) is 3.54. The number of esters is 1. The van der Waals surface area contributed by atoms with Crippen LogP contribution < -0.4 is 5.32 Å². The highest BCUT2D eigenvalue weighted by Crippen LogP contribution is 2.36. The van der Waals surface area contributed by atoms with Crippen LogP contribution in [-0.2, 0) is 20.7 Å². The monoisotopic (exact) mass is 282 g/mol. The summed E-state index contributed by atoms with van der Waals surface area (Å²) in [5.74, 6) is -0.220. The summed E-state index contributed by atoms with van der Waals surface area (Å²) >= 11 is 1.54. The lowest BCUT2D eigenvalue weighted by atomic mass is 9.96. The second-order valence-corrected chi connectivity index (χ2v) is 5.84. The fraction of sp³-hybridized carbons (Fsp3) is 0.692. The Balaban J connectivity index is 1.55. The van der Waals surface area contributed by atoms with Gasteiger partial charge < -0.3 is 14.8 Å². The van der Waals surface area contributed by atoms with Crippen LogP contribution in [0.15, 0.2) is 5.38 Å². The maximum absolute atomic E-state index is 11.4. The first-order chi connectivity index (χ1) is 9.24. The number of nitrogens with one attached hydrogen (secondary N) is 1. The molecule has 104 valence electrons. The van der Waals surface area contributed by atoms with Crippen molar-refractivity contribution < 1.29 is 14.3 Å². The summed E-state index contributed by atoms with van der Waals surface area (Å²) in [5.41, 5.74) is 0.773. The Hall–Kier alpha value is -1.14. The zero-order valence-electron chi connectivity index (χ0n) is 10.9. The molecule has 3 atom stereocenters. The third kappa shape index (κ3) is 2.90. The van der Waals surface area contributed by atoms with E-state index in [0.29, 0.717) is 24.9 Å². The second-order valence-electron chi connectivity index (χ2n) is 4.99. The van der Waals surface area contributed by atoms with E-state index < -0.39 is 0 Å². The van der Waals surface area contributed by atoms with Crippen LogP contribution in [0.2, 0.25) is 0 Å². The van der Waals surface area contributed by atoms with Gasteiger partial charge in [-0.3, -0.25) is 4.79 Å². The molecular formula is C13H18N2O3S. The average molecular weight is 282 g/mol. The van der Waals surface area contributed by atoms with Crippen LogP contribution in [0.3, 0.4) is 0 Å². The standard InChI is InChI=1S/C13H18N2O3S/c1-2-17-12(16)5-8-7-19-13(14-8)15-10-6-9-3-4-11(10)18-9/h7,9-11H,2-6H2,1H3,(H,14,15). The van der Waals surface area contributed by atoms with Crippen molar-refractivity contribution >= 4 is 22.4 Å². The van der Waals surface area contributed by atoms with Crippen molar-refractivity contribution in [1.29, 1.82) is 0 Å². The smallest absolute Gasteiger partial charge is 0.311 e. The number of fused-ring (bicyclic) bond motifs is 2. The van der Waals surface area contributed by atoms with Crippen molar-refractivity contribution in [2.75, 3.05) is 11.9 Å². The van der Waals surface area contributed by atoms with E-state index in [1.165, 1.54) is 17.8 Å². The minimum absolute atomic E-state index is 0.220. The summed E-state index contributed by atoms with van der Waals surface area (Å²) < 4.78 is 10.7. The van der Waals surface area contributed by atoms with Gasteiger partial charge in [0, 0.05) is 5.38 Å². The van der Waals surface area contributed by atoms with Crippen LogP contribution >= 0.6 is 11.3 Å². The molecule has 3 heterocycles. The Morgan fingerprint density at radius 2 is 2.53 bits per heavy atom. The van der Waals surface area contributed by atoms with E-state index >= 15 is 0 Å². The lowest BCUT2D eigenvalue weighted by Crippen LogP contribution is -2.30. The molecule has 3 rings (SSSR count). The molecule has 6 heteroatoms. The van der Waals surface area contributed by atoms with Crippen molar-refractivity contribution in [3.05, 3.63) is 11.1 Å². The number of carbonyl (C=O) groups is 1. The minimum Gasteiger partial charge on any atom is -0.466 e. The molecule has 0 radical (unpaired) electrons. The molecule has 0 saturated carbocycles. The average Bonchev–Trinajstić information content (AvgIpc) is 3.06. The van der Waals surface area contributed by atoms with Gasteiger partial charge in [0.15, 0.2) is 5.13 Å². The summed E-state index contributed by atoms with van der Waals surface area (Å²) in [7, 11) is 0. The highest BCUT2D eigenvalue weighted by molar-refractivity contribution is 7.13. The molecule has 0 aromatic carbocycles. The predicted molar refractivity (Wildman–Crippen MR) is 72.4 cm³/mol. The molecule has 1 aromatic rings. The van der Waals surface area contributed by atoms with Gasteiger partial charge in [0.2, 0.25) is 0 Å². The van der Waals surface area contributed by atoms with Crippen LogP contribution in [0, 0.1) is 0 Å². The zero-order valence-corrected chi connectivity index (χ0v) is 11.7. The molecule has 1 aromatic heterocycles. The van der Waals surface area contributed by atoms with Crippen molar-refractivity contribution in [2.24, 2.45) is 0 Å². The summed E-state index contributed by atoms with van der Waals surface area (Å²) in [6.07, 6.45) is 4.42. The fourth-order valence-electron chi connectivity index (χ4n) is 2.76. The topological polar surface area (TPSA) is 60.5 Å². The molecule has 5 nitrogen and oxygen atoms in total. The number of rotatable bonds is 5. The second kappa shape index (κ2) is 5.46.